The summed E-state index contributed by atoms with van der Waals surface area (Å²) in [5.41, 5.74) is 0.250. The molecule has 0 spiro atoms. The SMILES string of the molecule is C[C@@H]1O[C@H](Nc2cc(Sc3ccccc3)cc([N+](=O)[O-])c2)[C@H](O)[C@@H](O)[C@H]1O. The number of nitro benzene ring substituents is 1. The summed E-state index contributed by atoms with van der Waals surface area (Å²) in [5, 5.41) is 44.0. The van der Waals surface area contributed by atoms with Gasteiger partial charge in [-0.25, -0.2) is 0 Å². The van der Waals surface area contributed by atoms with Crippen molar-refractivity contribution in [2.24, 2.45) is 0 Å². The molecule has 1 saturated heterocycles. The Balaban J connectivity index is 1.85. The van der Waals surface area contributed by atoms with Crippen molar-refractivity contribution in [1.29, 1.82) is 0 Å². The van der Waals surface area contributed by atoms with Crippen LogP contribution in [-0.4, -0.2) is 50.9 Å². The topological polar surface area (TPSA) is 125 Å². The minimum atomic E-state index is -1.39. The van der Waals surface area contributed by atoms with E-state index >= 15 is 0 Å². The Kier molecular flexibility index (Phi) is 5.98. The molecule has 0 aromatic heterocycles. The van der Waals surface area contributed by atoms with Crippen molar-refractivity contribution in [3.05, 3.63) is 58.6 Å². The summed E-state index contributed by atoms with van der Waals surface area (Å²) in [6, 6.07) is 13.9. The van der Waals surface area contributed by atoms with Crippen LogP contribution < -0.4 is 5.32 Å². The molecule has 2 aromatic rings. The molecule has 1 fully saturated rings. The molecule has 0 unspecified atom stereocenters. The zero-order valence-corrected chi connectivity index (χ0v) is 15.2. The van der Waals surface area contributed by atoms with Crippen LogP contribution in [0.25, 0.3) is 0 Å². The van der Waals surface area contributed by atoms with E-state index in [1.165, 1.54) is 23.9 Å². The fourth-order valence-electron chi connectivity index (χ4n) is 2.79. The number of nitrogens with zero attached hydrogens (tertiary/aromatic N) is 1. The molecule has 8 nitrogen and oxygen atoms in total. The summed E-state index contributed by atoms with van der Waals surface area (Å²) < 4.78 is 5.50. The van der Waals surface area contributed by atoms with E-state index in [2.05, 4.69) is 5.32 Å². The van der Waals surface area contributed by atoms with Crippen molar-refractivity contribution in [2.45, 2.75) is 47.4 Å². The molecule has 1 aliphatic rings. The van der Waals surface area contributed by atoms with Crippen LogP contribution in [0.1, 0.15) is 6.92 Å². The standard InChI is InChI=1S/C18H20N2O6S/c1-10-15(21)16(22)17(23)18(26-10)19-11-7-12(20(24)25)9-14(8-11)27-13-5-3-2-4-6-13/h2-10,15-19,21-23H,1H3/t10-,15-,16-,17+,18-/m0/s1. The van der Waals surface area contributed by atoms with E-state index in [1.54, 1.807) is 13.0 Å². The number of ether oxygens (including phenoxy) is 1. The normalized spacial score (nSPS) is 27.9. The molecular formula is C18H20N2O6S. The summed E-state index contributed by atoms with van der Waals surface area (Å²) >= 11 is 1.36. The lowest BCUT2D eigenvalue weighted by atomic mass is 9.99. The molecule has 144 valence electrons. The lowest BCUT2D eigenvalue weighted by Crippen LogP contribution is -2.58. The number of anilines is 1. The number of nitrogens with one attached hydrogen (secondary N) is 1. The molecule has 0 aliphatic carbocycles. The summed E-state index contributed by atoms with van der Waals surface area (Å²) in [6.07, 6.45) is -5.72. The van der Waals surface area contributed by atoms with Crippen LogP contribution in [-0.2, 0) is 4.74 Å². The minimum absolute atomic E-state index is 0.114. The van der Waals surface area contributed by atoms with Gasteiger partial charge in [-0.3, -0.25) is 10.1 Å². The maximum absolute atomic E-state index is 11.3. The number of nitro groups is 1. The third-order valence-electron chi connectivity index (χ3n) is 4.24. The number of aliphatic hydroxyl groups excluding tert-OH is 3. The summed E-state index contributed by atoms with van der Waals surface area (Å²) in [7, 11) is 0. The molecule has 0 bridgehead atoms. The van der Waals surface area contributed by atoms with Crippen LogP contribution >= 0.6 is 11.8 Å². The average Bonchev–Trinajstić information content (AvgIpc) is 2.65. The first-order valence-electron chi connectivity index (χ1n) is 8.34. The van der Waals surface area contributed by atoms with Gasteiger partial charge in [-0.2, -0.15) is 0 Å². The van der Waals surface area contributed by atoms with Crippen LogP contribution in [0.2, 0.25) is 0 Å². The van der Waals surface area contributed by atoms with Crippen LogP contribution in [0, 0.1) is 10.1 Å². The van der Waals surface area contributed by atoms with Gasteiger partial charge in [0.25, 0.3) is 5.69 Å². The predicted molar refractivity (Wildman–Crippen MR) is 99.6 cm³/mol. The molecule has 0 radical (unpaired) electrons. The Morgan fingerprint density at radius 2 is 1.74 bits per heavy atom. The van der Waals surface area contributed by atoms with E-state index in [4.69, 9.17) is 4.74 Å². The van der Waals surface area contributed by atoms with Crippen molar-refractivity contribution in [3.8, 4) is 0 Å². The number of hydrogen-bond donors (Lipinski definition) is 4. The number of aliphatic hydroxyl groups is 3. The van der Waals surface area contributed by atoms with E-state index in [0.717, 1.165) is 4.90 Å². The molecule has 3 rings (SSSR count). The highest BCUT2D eigenvalue weighted by Crippen LogP contribution is 2.33. The third kappa shape index (κ3) is 4.57. The molecule has 4 N–H and O–H groups in total. The highest BCUT2D eigenvalue weighted by Gasteiger charge is 2.41. The second-order valence-electron chi connectivity index (χ2n) is 6.27. The third-order valence-corrected chi connectivity index (χ3v) is 5.22. The first-order chi connectivity index (χ1) is 12.8. The average molecular weight is 392 g/mol. The Morgan fingerprint density at radius 3 is 2.41 bits per heavy atom. The highest BCUT2D eigenvalue weighted by molar-refractivity contribution is 7.99. The van der Waals surface area contributed by atoms with Crippen LogP contribution in [0.15, 0.2) is 58.3 Å². The quantitative estimate of drug-likeness (QED) is 0.450. The molecule has 27 heavy (non-hydrogen) atoms. The number of hydrogen-bond acceptors (Lipinski definition) is 8. The van der Waals surface area contributed by atoms with Gasteiger partial charge in [0.05, 0.1) is 11.0 Å². The Labute approximate surface area is 159 Å². The van der Waals surface area contributed by atoms with Gasteiger partial charge in [0, 0.05) is 27.6 Å². The van der Waals surface area contributed by atoms with E-state index in [9.17, 15) is 25.4 Å². The lowest BCUT2D eigenvalue weighted by molar-refractivity contribution is -0.385. The van der Waals surface area contributed by atoms with E-state index in [0.29, 0.717) is 10.6 Å². The Hall–Kier alpha value is -2.17. The molecule has 1 aliphatic heterocycles. The molecule has 1 heterocycles. The van der Waals surface area contributed by atoms with Crippen LogP contribution in [0.3, 0.4) is 0 Å². The van der Waals surface area contributed by atoms with Crippen molar-refractivity contribution in [2.75, 3.05) is 5.32 Å². The summed E-state index contributed by atoms with van der Waals surface area (Å²) in [6.45, 7) is 1.57. The second kappa shape index (κ2) is 8.24. The van der Waals surface area contributed by atoms with Gasteiger partial charge in [0.1, 0.15) is 18.3 Å². The van der Waals surface area contributed by atoms with Crippen molar-refractivity contribution in [1.82, 2.24) is 0 Å². The maximum Gasteiger partial charge on any atom is 0.272 e. The van der Waals surface area contributed by atoms with Gasteiger partial charge in [0.15, 0.2) is 6.23 Å². The van der Waals surface area contributed by atoms with Gasteiger partial charge in [-0.15, -0.1) is 0 Å². The number of benzene rings is 2. The van der Waals surface area contributed by atoms with Gasteiger partial charge in [-0.1, -0.05) is 30.0 Å². The molecule has 0 saturated carbocycles. The lowest BCUT2D eigenvalue weighted by Gasteiger charge is -2.39. The van der Waals surface area contributed by atoms with Crippen LogP contribution in [0.4, 0.5) is 11.4 Å². The highest BCUT2D eigenvalue weighted by atomic mass is 32.2. The maximum atomic E-state index is 11.3. The zero-order chi connectivity index (χ0) is 19.6. The van der Waals surface area contributed by atoms with Crippen molar-refractivity contribution >= 4 is 23.1 Å². The van der Waals surface area contributed by atoms with Gasteiger partial charge < -0.3 is 25.4 Å². The molecule has 9 heteroatoms. The molecule has 2 aromatic carbocycles. The minimum Gasteiger partial charge on any atom is -0.388 e. The van der Waals surface area contributed by atoms with E-state index < -0.39 is 35.6 Å². The first-order valence-corrected chi connectivity index (χ1v) is 9.15. The van der Waals surface area contributed by atoms with E-state index in [-0.39, 0.29) is 5.69 Å². The fourth-order valence-corrected chi connectivity index (χ4v) is 3.72. The molecule has 5 atom stereocenters. The largest absolute Gasteiger partial charge is 0.388 e. The number of rotatable bonds is 5. The zero-order valence-electron chi connectivity index (χ0n) is 14.4. The van der Waals surface area contributed by atoms with Gasteiger partial charge >= 0.3 is 0 Å². The Bertz CT molecular complexity index is 806. The predicted octanol–water partition coefficient (Wildman–Crippen LogP) is 1.99. The van der Waals surface area contributed by atoms with Gasteiger partial charge in [0.2, 0.25) is 0 Å². The molecule has 0 amide bonds. The van der Waals surface area contributed by atoms with Crippen molar-refractivity contribution < 1.29 is 25.0 Å². The first kappa shape index (κ1) is 19.6. The smallest absolute Gasteiger partial charge is 0.272 e. The summed E-state index contributed by atoms with van der Waals surface area (Å²) in [5.74, 6) is 0. The fraction of sp³-hybridized carbons (Fsp3) is 0.333. The summed E-state index contributed by atoms with van der Waals surface area (Å²) in [4.78, 5) is 12.3. The van der Waals surface area contributed by atoms with Crippen molar-refractivity contribution in [3.63, 3.8) is 0 Å². The number of non-ortho nitro benzene ring substituents is 1. The van der Waals surface area contributed by atoms with Crippen LogP contribution in [0.5, 0.6) is 0 Å². The monoisotopic (exact) mass is 392 g/mol. The van der Waals surface area contributed by atoms with E-state index in [1.807, 2.05) is 30.3 Å². The van der Waals surface area contributed by atoms with Gasteiger partial charge in [-0.05, 0) is 25.1 Å². The Morgan fingerprint density at radius 1 is 1.04 bits per heavy atom. The second-order valence-corrected chi connectivity index (χ2v) is 7.41. The molecular weight excluding hydrogens is 372 g/mol.